The van der Waals surface area contributed by atoms with Crippen molar-refractivity contribution in [3.8, 4) is 16.6 Å². The van der Waals surface area contributed by atoms with Crippen LogP contribution in [0.15, 0.2) is 36.5 Å². The third-order valence-electron chi connectivity index (χ3n) is 4.81. The zero-order chi connectivity index (χ0) is 19.7. The van der Waals surface area contributed by atoms with Gasteiger partial charge in [-0.3, -0.25) is 4.98 Å². The minimum atomic E-state index is -1.00. The fraction of sp³-hybridized carbons (Fsp3) is 0.263. The van der Waals surface area contributed by atoms with Crippen molar-refractivity contribution in [3.05, 3.63) is 59.4 Å². The van der Waals surface area contributed by atoms with Gasteiger partial charge in [0.05, 0.1) is 17.3 Å². The van der Waals surface area contributed by atoms with Gasteiger partial charge in [0.2, 0.25) is 5.13 Å². The minimum absolute atomic E-state index is 0.165. The summed E-state index contributed by atoms with van der Waals surface area (Å²) in [4.78, 5) is 4.11. The standard InChI is InChI=1S/C19H14F3N5S/c20-12-7-19(8-12,16-15(22)2-1-5-24-16)10-25-18-27-26-17(28-18)13-6-11(9-23)3-4-14(13)21/h1-6,12H,7-8,10H2,(H,25,27). The molecular formula is C19H14F3N5S. The third kappa shape index (κ3) is 3.31. The van der Waals surface area contributed by atoms with E-state index in [0.29, 0.717) is 15.7 Å². The first kappa shape index (κ1) is 18.4. The first-order valence-corrected chi connectivity index (χ1v) is 9.35. The Morgan fingerprint density at radius 3 is 2.75 bits per heavy atom. The Kier molecular flexibility index (Phi) is 4.73. The van der Waals surface area contributed by atoms with Gasteiger partial charge in [-0.05, 0) is 43.2 Å². The summed E-state index contributed by atoms with van der Waals surface area (Å²) in [6.45, 7) is 0.233. The van der Waals surface area contributed by atoms with Crippen LogP contribution in [0.2, 0.25) is 0 Å². The maximum atomic E-state index is 14.2. The SMILES string of the molecule is N#Cc1ccc(F)c(-c2nnc(NCC3(c4ncccc4F)CC(F)C3)s2)c1. The minimum Gasteiger partial charge on any atom is -0.359 e. The van der Waals surface area contributed by atoms with Gasteiger partial charge in [0.25, 0.3) is 0 Å². The van der Waals surface area contributed by atoms with Crippen LogP contribution in [-0.2, 0) is 5.41 Å². The number of nitrogens with one attached hydrogen (secondary N) is 1. The second-order valence-electron chi connectivity index (χ2n) is 6.69. The van der Waals surface area contributed by atoms with E-state index in [1.54, 1.807) is 0 Å². The number of anilines is 1. The lowest BCUT2D eigenvalue weighted by Gasteiger charge is -2.43. The Hall–Kier alpha value is -2.99. The Morgan fingerprint density at radius 1 is 1.21 bits per heavy atom. The number of benzene rings is 1. The molecule has 4 rings (SSSR count). The zero-order valence-electron chi connectivity index (χ0n) is 14.5. The Balaban J connectivity index is 1.55. The van der Waals surface area contributed by atoms with E-state index in [1.807, 2.05) is 6.07 Å². The summed E-state index contributed by atoms with van der Waals surface area (Å²) in [5.41, 5.74) is -0.0339. The number of nitriles is 1. The zero-order valence-corrected chi connectivity index (χ0v) is 15.3. The number of alkyl halides is 1. The summed E-state index contributed by atoms with van der Waals surface area (Å²) >= 11 is 1.10. The van der Waals surface area contributed by atoms with E-state index in [1.165, 1.54) is 36.5 Å². The molecule has 0 amide bonds. The van der Waals surface area contributed by atoms with Crippen LogP contribution in [0.25, 0.3) is 10.6 Å². The van der Waals surface area contributed by atoms with Crippen LogP contribution < -0.4 is 5.32 Å². The van der Waals surface area contributed by atoms with Gasteiger partial charge >= 0.3 is 0 Å². The molecule has 0 aliphatic heterocycles. The van der Waals surface area contributed by atoms with Gasteiger partial charge in [-0.25, -0.2) is 13.2 Å². The van der Waals surface area contributed by atoms with Crippen molar-refractivity contribution in [1.29, 1.82) is 5.26 Å². The molecule has 3 aromatic rings. The highest BCUT2D eigenvalue weighted by molar-refractivity contribution is 7.18. The van der Waals surface area contributed by atoms with E-state index < -0.39 is 23.2 Å². The van der Waals surface area contributed by atoms with Crippen LogP contribution in [0, 0.1) is 23.0 Å². The van der Waals surface area contributed by atoms with Gasteiger partial charge in [0.1, 0.15) is 17.8 Å². The highest BCUT2D eigenvalue weighted by Gasteiger charge is 2.48. The number of halogens is 3. The first-order chi connectivity index (χ1) is 13.5. The van der Waals surface area contributed by atoms with Crippen molar-refractivity contribution in [2.45, 2.75) is 24.4 Å². The number of hydrogen-bond donors (Lipinski definition) is 1. The van der Waals surface area contributed by atoms with Crippen molar-refractivity contribution < 1.29 is 13.2 Å². The second-order valence-corrected chi connectivity index (χ2v) is 7.67. The van der Waals surface area contributed by atoms with Crippen LogP contribution in [0.3, 0.4) is 0 Å². The molecule has 0 saturated heterocycles. The maximum absolute atomic E-state index is 14.2. The number of hydrogen-bond acceptors (Lipinski definition) is 6. The normalized spacial score (nSPS) is 21.0. The van der Waals surface area contributed by atoms with Crippen molar-refractivity contribution in [2.24, 2.45) is 0 Å². The van der Waals surface area contributed by atoms with Crippen LogP contribution in [-0.4, -0.2) is 27.9 Å². The van der Waals surface area contributed by atoms with E-state index in [9.17, 15) is 13.2 Å². The number of pyridine rings is 1. The Labute approximate surface area is 162 Å². The topological polar surface area (TPSA) is 74.5 Å². The van der Waals surface area contributed by atoms with Gasteiger partial charge in [-0.2, -0.15) is 5.26 Å². The monoisotopic (exact) mass is 401 g/mol. The molecule has 2 heterocycles. The average molecular weight is 401 g/mol. The third-order valence-corrected chi connectivity index (χ3v) is 5.73. The molecule has 5 nitrogen and oxygen atoms in total. The number of rotatable bonds is 5. The van der Waals surface area contributed by atoms with E-state index in [-0.39, 0.29) is 30.6 Å². The van der Waals surface area contributed by atoms with Crippen molar-refractivity contribution in [2.75, 3.05) is 11.9 Å². The van der Waals surface area contributed by atoms with Crippen LogP contribution in [0.1, 0.15) is 24.1 Å². The van der Waals surface area contributed by atoms with E-state index in [2.05, 4.69) is 20.5 Å². The second kappa shape index (κ2) is 7.20. The summed E-state index contributed by atoms with van der Waals surface area (Å²) in [6.07, 6.45) is 0.812. The predicted molar refractivity (Wildman–Crippen MR) is 98.5 cm³/mol. The highest BCUT2D eigenvalue weighted by atomic mass is 32.1. The molecule has 2 aromatic heterocycles. The Bertz CT molecular complexity index is 1060. The highest BCUT2D eigenvalue weighted by Crippen LogP contribution is 2.45. The average Bonchev–Trinajstić information content (AvgIpc) is 3.14. The fourth-order valence-corrected chi connectivity index (χ4v) is 4.15. The molecule has 1 N–H and O–H groups in total. The van der Waals surface area contributed by atoms with Crippen molar-refractivity contribution in [1.82, 2.24) is 15.2 Å². The lowest BCUT2D eigenvalue weighted by molar-refractivity contribution is 0.0965. The number of nitrogens with zero attached hydrogens (tertiary/aromatic N) is 4. The van der Waals surface area contributed by atoms with Crippen molar-refractivity contribution >= 4 is 16.5 Å². The molecule has 0 spiro atoms. The molecule has 9 heteroatoms. The predicted octanol–water partition coefficient (Wildman–Crippen LogP) is 4.23. The van der Waals surface area contributed by atoms with Gasteiger partial charge < -0.3 is 5.32 Å². The van der Waals surface area contributed by atoms with Crippen LogP contribution >= 0.6 is 11.3 Å². The molecule has 1 fully saturated rings. The van der Waals surface area contributed by atoms with E-state index >= 15 is 0 Å². The van der Waals surface area contributed by atoms with Gasteiger partial charge in [0.15, 0.2) is 5.01 Å². The molecule has 0 unspecified atom stereocenters. The summed E-state index contributed by atoms with van der Waals surface area (Å²) in [7, 11) is 0. The van der Waals surface area contributed by atoms with E-state index in [0.717, 1.165) is 11.3 Å². The van der Waals surface area contributed by atoms with Crippen LogP contribution in [0.5, 0.6) is 0 Å². The molecule has 142 valence electrons. The van der Waals surface area contributed by atoms with Gasteiger partial charge in [-0.1, -0.05) is 11.3 Å². The van der Waals surface area contributed by atoms with Gasteiger partial charge in [-0.15, -0.1) is 10.2 Å². The largest absolute Gasteiger partial charge is 0.359 e. The maximum Gasteiger partial charge on any atom is 0.206 e. The molecule has 1 aromatic carbocycles. The summed E-state index contributed by atoms with van der Waals surface area (Å²) in [5.74, 6) is -0.975. The smallest absolute Gasteiger partial charge is 0.206 e. The van der Waals surface area contributed by atoms with Crippen LogP contribution in [0.4, 0.5) is 18.3 Å². The molecule has 0 bridgehead atoms. The molecule has 1 saturated carbocycles. The van der Waals surface area contributed by atoms with Crippen molar-refractivity contribution in [3.63, 3.8) is 0 Å². The number of aromatic nitrogens is 3. The molecule has 1 aliphatic carbocycles. The van der Waals surface area contributed by atoms with Gasteiger partial charge in [0, 0.05) is 23.7 Å². The molecule has 28 heavy (non-hydrogen) atoms. The molecule has 0 radical (unpaired) electrons. The molecule has 1 aliphatic rings. The summed E-state index contributed by atoms with van der Waals surface area (Å²) in [6, 6.07) is 8.75. The summed E-state index contributed by atoms with van der Waals surface area (Å²) in [5, 5.41) is 20.7. The van der Waals surface area contributed by atoms with E-state index in [4.69, 9.17) is 5.26 Å². The first-order valence-electron chi connectivity index (χ1n) is 8.53. The molecular weight excluding hydrogens is 387 g/mol. The lowest BCUT2D eigenvalue weighted by Crippen LogP contribution is -2.48. The fourth-order valence-electron chi connectivity index (χ4n) is 3.39. The lowest BCUT2D eigenvalue weighted by atomic mass is 9.65. The molecule has 0 atom stereocenters. The summed E-state index contributed by atoms with van der Waals surface area (Å²) < 4.78 is 41.9. The Morgan fingerprint density at radius 2 is 2.04 bits per heavy atom. The quantitative estimate of drug-likeness (QED) is 0.693.